The minimum Gasteiger partial charge on any atom is -0.354 e. The third kappa shape index (κ3) is 1.80. The highest BCUT2D eigenvalue weighted by molar-refractivity contribution is 5.54. The first-order chi connectivity index (χ1) is 7.22. The van der Waals surface area contributed by atoms with Crippen LogP contribution in [0, 0.1) is 6.92 Å². The fourth-order valence-electron chi connectivity index (χ4n) is 1.68. The first-order valence-electron chi connectivity index (χ1n) is 5.00. The summed E-state index contributed by atoms with van der Waals surface area (Å²) in [6.07, 6.45) is 0.879. The second-order valence-corrected chi connectivity index (χ2v) is 3.64. The molecule has 15 heavy (non-hydrogen) atoms. The smallest absolute Gasteiger partial charge is 0.183 e. The van der Waals surface area contributed by atoms with Crippen molar-refractivity contribution in [2.24, 2.45) is 12.8 Å². The summed E-state index contributed by atoms with van der Waals surface area (Å²) in [6.45, 7) is 2.57. The number of aryl methyl sites for hydroxylation is 1. The van der Waals surface area contributed by atoms with Gasteiger partial charge in [0, 0.05) is 18.8 Å². The van der Waals surface area contributed by atoms with Gasteiger partial charge in [0.1, 0.15) is 0 Å². The molecule has 2 rings (SSSR count). The molecule has 2 N–H and O–H groups in total. The molecule has 0 aliphatic heterocycles. The lowest BCUT2D eigenvalue weighted by atomic mass is 10.3. The molecule has 0 aromatic carbocycles. The zero-order valence-electron chi connectivity index (χ0n) is 9.03. The summed E-state index contributed by atoms with van der Waals surface area (Å²) < 4.78 is 7.31. The summed E-state index contributed by atoms with van der Waals surface area (Å²) >= 11 is 0. The van der Waals surface area contributed by atoms with Gasteiger partial charge in [0.2, 0.25) is 0 Å². The van der Waals surface area contributed by atoms with Crippen LogP contribution >= 0.6 is 0 Å². The monoisotopic (exact) mass is 205 g/mol. The molecular formula is C11H15N3O. The van der Waals surface area contributed by atoms with E-state index in [2.05, 4.69) is 15.8 Å². The second-order valence-electron chi connectivity index (χ2n) is 3.64. The molecule has 0 radical (unpaired) electrons. The lowest BCUT2D eigenvalue weighted by Gasteiger charge is -2.03. The molecule has 4 heteroatoms. The van der Waals surface area contributed by atoms with Crippen LogP contribution in [0.15, 0.2) is 22.7 Å². The summed E-state index contributed by atoms with van der Waals surface area (Å²) in [5.74, 6) is 0.804. The summed E-state index contributed by atoms with van der Waals surface area (Å²) in [7, 11) is 2.01. The van der Waals surface area contributed by atoms with E-state index in [9.17, 15) is 0 Å². The van der Waals surface area contributed by atoms with Gasteiger partial charge in [0.15, 0.2) is 5.76 Å². The average molecular weight is 205 g/mol. The molecule has 80 valence electrons. The molecule has 0 aliphatic rings. The van der Waals surface area contributed by atoms with E-state index < -0.39 is 0 Å². The van der Waals surface area contributed by atoms with Gasteiger partial charge in [-0.05, 0) is 32.0 Å². The van der Waals surface area contributed by atoms with Crippen molar-refractivity contribution in [3.63, 3.8) is 0 Å². The molecule has 2 aromatic rings. The van der Waals surface area contributed by atoms with Crippen molar-refractivity contribution in [3.8, 4) is 11.5 Å². The van der Waals surface area contributed by atoms with Gasteiger partial charge in [-0.15, -0.1) is 0 Å². The van der Waals surface area contributed by atoms with E-state index in [1.807, 2.05) is 26.1 Å². The topological polar surface area (TPSA) is 57.0 Å². The van der Waals surface area contributed by atoms with E-state index in [-0.39, 0.29) is 0 Å². The minimum atomic E-state index is 0.659. The Morgan fingerprint density at radius 1 is 1.47 bits per heavy atom. The number of nitrogens with two attached hydrogens (primary N) is 1. The molecule has 0 amide bonds. The van der Waals surface area contributed by atoms with Crippen LogP contribution in [0.25, 0.3) is 11.5 Å². The number of nitrogens with zero attached hydrogens (tertiary/aromatic N) is 2. The lowest BCUT2D eigenvalue weighted by Crippen LogP contribution is -2.06. The van der Waals surface area contributed by atoms with E-state index in [1.165, 1.54) is 5.69 Å². The van der Waals surface area contributed by atoms with Crippen molar-refractivity contribution in [2.75, 3.05) is 6.54 Å². The fraction of sp³-hybridized carbons (Fsp3) is 0.364. The van der Waals surface area contributed by atoms with Gasteiger partial charge < -0.3 is 14.8 Å². The molecule has 4 nitrogen and oxygen atoms in total. The summed E-state index contributed by atoms with van der Waals surface area (Å²) in [6, 6.07) is 6.03. The summed E-state index contributed by atoms with van der Waals surface area (Å²) in [4.78, 5) is 0. The molecule has 0 fully saturated rings. The number of rotatable bonds is 3. The Balaban J connectivity index is 2.37. The van der Waals surface area contributed by atoms with Crippen LogP contribution < -0.4 is 5.73 Å². The molecular weight excluding hydrogens is 190 g/mol. The molecule has 0 saturated carbocycles. The van der Waals surface area contributed by atoms with Crippen molar-refractivity contribution < 1.29 is 4.52 Å². The van der Waals surface area contributed by atoms with Gasteiger partial charge in [0.05, 0.1) is 11.4 Å². The Morgan fingerprint density at radius 3 is 2.87 bits per heavy atom. The SMILES string of the molecule is Cc1cc(-c2ccc(CCN)n2C)on1. The minimum absolute atomic E-state index is 0.659. The van der Waals surface area contributed by atoms with E-state index >= 15 is 0 Å². The number of hydrogen-bond acceptors (Lipinski definition) is 3. The summed E-state index contributed by atoms with van der Waals surface area (Å²) in [5, 5.41) is 3.88. The molecule has 0 aliphatic carbocycles. The van der Waals surface area contributed by atoms with Crippen LogP contribution in [-0.2, 0) is 13.5 Å². The second kappa shape index (κ2) is 3.90. The Labute approximate surface area is 88.7 Å². The zero-order chi connectivity index (χ0) is 10.8. The van der Waals surface area contributed by atoms with Gasteiger partial charge in [-0.25, -0.2) is 0 Å². The number of aromatic nitrogens is 2. The molecule has 0 bridgehead atoms. The van der Waals surface area contributed by atoms with Crippen LogP contribution in [0.2, 0.25) is 0 Å². The highest BCUT2D eigenvalue weighted by Crippen LogP contribution is 2.22. The van der Waals surface area contributed by atoms with Gasteiger partial charge in [0.25, 0.3) is 0 Å². The molecule has 0 saturated heterocycles. The zero-order valence-corrected chi connectivity index (χ0v) is 9.03. The van der Waals surface area contributed by atoms with E-state index in [1.54, 1.807) is 0 Å². The van der Waals surface area contributed by atoms with Crippen molar-refractivity contribution in [1.82, 2.24) is 9.72 Å². The van der Waals surface area contributed by atoms with Gasteiger partial charge in [-0.3, -0.25) is 0 Å². The molecule has 0 atom stereocenters. The fourth-order valence-corrected chi connectivity index (χ4v) is 1.68. The maximum atomic E-state index is 5.53. The first-order valence-corrected chi connectivity index (χ1v) is 5.00. The highest BCUT2D eigenvalue weighted by atomic mass is 16.5. The van der Waals surface area contributed by atoms with Crippen molar-refractivity contribution >= 4 is 0 Å². The quantitative estimate of drug-likeness (QED) is 0.825. The standard InChI is InChI=1S/C11H15N3O/c1-8-7-11(15-13-8)10-4-3-9(5-6-12)14(10)2/h3-4,7H,5-6,12H2,1-2H3. The molecule has 0 spiro atoms. The predicted octanol–water partition coefficient (Wildman–Crippen LogP) is 1.49. The van der Waals surface area contributed by atoms with E-state index in [4.69, 9.17) is 10.3 Å². The Morgan fingerprint density at radius 2 is 2.27 bits per heavy atom. The van der Waals surface area contributed by atoms with Crippen LogP contribution in [0.5, 0.6) is 0 Å². The Bertz CT molecular complexity index is 456. The average Bonchev–Trinajstić information content (AvgIpc) is 2.76. The van der Waals surface area contributed by atoms with Gasteiger partial charge in [-0.1, -0.05) is 5.16 Å². The van der Waals surface area contributed by atoms with Crippen LogP contribution in [0.3, 0.4) is 0 Å². The van der Waals surface area contributed by atoms with Gasteiger partial charge >= 0.3 is 0 Å². The predicted molar refractivity (Wildman–Crippen MR) is 58.4 cm³/mol. The van der Waals surface area contributed by atoms with Crippen molar-refractivity contribution in [3.05, 3.63) is 29.6 Å². The number of hydrogen-bond donors (Lipinski definition) is 1. The maximum absolute atomic E-state index is 5.53. The van der Waals surface area contributed by atoms with E-state index in [0.717, 1.165) is 23.6 Å². The highest BCUT2D eigenvalue weighted by Gasteiger charge is 2.10. The third-order valence-corrected chi connectivity index (χ3v) is 2.51. The Hall–Kier alpha value is -1.55. The first kappa shape index (κ1) is 9.98. The van der Waals surface area contributed by atoms with Crippen molar-refractivity contribution in [1.29, 1.82) is 0 Å². The largest absolute Gasteiger partial charge is 0.354 e. The van der Waals surface area contributed by atoms with Crippen molar-refractivity contribution in [2.45, 2.75) is 13.3 Å². The van der Waals surface area contributed by atoms with Crippen LogP contribution in [0.1, 0.15) is 11.4 Å². The molecule has 2 heterocycles. The van der Waals surface area contributed by atoms with Crippen LogP contribution in [0.4, 0.5) is 0 Å². The lowest BCUT2D eigenvalue weighted by molar-refractivity contribution is 0.424. The normalized spacial score (nSPS) is 10.9. The molecule has 0 unspecified atom stereocenters. The van der Waals surface area contributed by atoms with E-state index in [0.29, 0.717) is 6.54 Å². The Kier molecular flexibility index (Phi) is 2.60. The van der Waals surface area contributed by atoms with Crippen LogP contribution in [-0.4, -0.2) is 16.3 Å². The van der Waals surface area contributed by atoms with Gasteiger partial charge in [-0.2, -0.15) is 0 Å². The summed E-state index contributed by atoms with van der Waals surface area (Å²) in [5.41, 5.74) is 8.68. The molecule has 2 aromatic heterocycles. The third-order valence-electron chi connectivity index (χ3n) is 2.51. The maximum Gasteiger partial charge on any atom is 0.183 e.